The molecule has 1 aromatic heterocycles. The summed E-state index contributed by atoms with van der Waals surface area (Å²) in [4.78, 5) is 25.4. The molecule has 1 heterocycles. The number of nitrogens with zero attached hydrogens (tertiary/aromatic N) is 1. The molecular weight excluding hydrogens is 288 g/mol. The van der Waals surface area contributed by atoms with E-state index in [4.69, 9.17) is 5.73 Å². The summed E-state index contributed by atoms with van der Waals surface area (Å²) >= 11 is 1.42. The van der Waals surface area contributed by atoms with E-state index in [1.54, 1.807) is 14.1 Å². The largest absolute Gasteiger partial charge is 0.399 e. The summed E-state index contributed by atoms with van der Waals surface area (Å²) in [5.41, 5.74) is 6.40. The first-order chi connectivity index (χ1) is 9.97. The SMILES string of the molecule is CN(C)C(=O)NCCNC(=O)c1cc2cc(N)ccc2s1. The van der Waals surface area contributed by atoms with Crippen LogP contribution in [0.5, 0.6) is 0 Å². The second-order valence-electron chi connectivity index (χ2n) is 4.79. The molecule has 2 rings (SSSR count). The monoisotopic (exact) mass is 306 g/mol. The zero-order chi connectivity index (χ0) is 15.4. The molecule has 1 aromatic carbocycles. The van der Waals surface area contributed by atoms with Crippen molar-refractivity contribution in [3.8, 4) is 0 Å². The van der Waals surface area contributed by atoms with Crippen molar-refractivity contribution >= 4 is 39.0 Å². The Balaban J connectivity index is 1.89. The number of fused-ring (bicyclic) bond motifs is 1. The number of thiophene rings is 1. The summed E-state index contributed by atoms with van der Waals surface area (Å²) in [5.74, 6) is -0.145. The maximum absolute atomic E-state index is 12.0. The van der Waals surface area contributed by atoms with Gasteiger partial charge < -0.3 is 21.3 Å². The van der Waals surface area contributed by atoms with Crippen LogP contribution in [0.3, 0.4) is 0 Å². The van der Waals surface area contributed by atoms with Crippen LogP contribution in [-0.4, -0.2) is 44.0 Å². The Morgan fingerprint density at radius 3 is 2.62 bits per heavy atom. The number of rotatable bonds is 4. The van der Waals surface area contributed by atoms with Gasteiger partial charge in [0.2, 0.25) is 0 Å². The lowest BCUT2D eigenvalue weighted by atomic mass is 10.2. The molecule has 0 aliphatic rings. The minimum Gasteiger partial charge on any atom is -0.399 e. The van der Waals surface area contributed by atoms with Crippen molar-refractivity contribution < 1.29 is 9.59 Å². The predicted octanol–water partition coefficient (Wildman–Crippen LogP) is 1.48. The van der Waals surface area contributed by atoms with E-state index in [1.165, 1.54) is 16.2 Å². The zero-order valence-electron chi connectivity index (χ0n) is 12.0. The molecule has 0 saturated heterocycles. The Morgan fingerprint density at radius 2 is 1.90 bits per heavy atom. The number of nitrogens with two attached hydrogens (primary N) is 1. The van der Waals surface area contributed by atoms with Gasteiger partial charge in [-0.1, -0.05) is 0 Å². The Bertz CT molecular complexity index is 666. The maximum atomic E-state index is 12.0. The fraction of sp³-hybridized carbons (Fsp3) is 0.286. The highest BCUT2D eigenvalue weighted by Crippen LogP contribution is 2.27. The quantitative estimate of drug-likeness (QED) is 0.590. The third-order valence-corrected chi connectivity index (χ3v) is 3.97. The molecule has 3 amide bonds. The number of amides is 3. The number of carbonyl (C=O) groups is 2. The lowest BCUT2D eigenvalue weighted by Crippen LogP contribution is -2.39. The molecule has 7 heteroatoms. The normalized spacial score (nSPS) is 10.4. The summed E-state index contributed by atoms with van der Waals surface area (Å²) in [7, 11) is 3.33. The summed E-state index contributed by atoms with van der Waals surface area (Å²) in [5, 5.41) is 6.42. The smallest absolute Gasteiger partial charge is 0.316 e. The molecule has 0 spiro atoms. The minimum absolute atomic E-state index is 0.145. The van der Waals surface area contributed by atoms with Gasteiger partial charge in [0.1, 0.15) is 0 Å². The van der Waals surface area contributed by atoms with Crippen LogP contribution in [0.4, 0.5) is 10.5 Å². The zero-order valence-corrected chi connectivity index (χ0v) is 12.8. The summed E-state index contributed by atoms with van der Waals surface area (Å²) in [6, 6.07) is 7.21. The van der Waals surface area contributed by atoms with E-state index in [-0.39, 0.29) is 11.9 Å². The van der Waals surface area contributed by atoms with Gasteiger partial charge in [0, 0.05) is 37.6 Å². The molecule has 112 valence electrons. The first-order valence-electron chi connectivity index (χ1n) is 6.50. The number of benzene rings is 1. The number of urea groups is 1. The van der Waals surface area contributed by atoms with E-state index < -0.39 is 0 Å². The van der Waals surface area contributed by atoms with Crippen molar-refractivity contribution in [2.45, 2.75) is 0 Å². The second-order valence-corrected chi connectivity index (χ2v) is 5.87. The highest BCUT2D eigenvalue weighted by atomic mass is 32.1. The molecule has 0 radical (unpaired) electrons. The fourth-order valence-corrected chi connectivity index (χ4v) is 2.72. The van der Waals surface area contributed by atoms with Crippen molar-refractivity contribution in [1.29, 1.82) is 0 Å². The van der Waals surface area contributed by atoms with Gasteiger partial charge in [-0.05, 0) is 29.7 Å². The molecular formula is C14H18N4O2S. The van der Waals surface area contributed by atoms with Crippen molar-refractivity contribution in [3.05, 3.63) is 29.1 Å². The maximum Gasteiger partial charge on any atom is 0.316 e. The number of nitrogen functional groups attached to an aromatic ring is 1. The molecule has 0 unspecified atom stereocenters. The Morgan fingerprint density at radius 1 is 1.19 bits per heavy atom. The van der Waals surface area contributed by atoms with Crippen molar-refractivity contribution in [2.24, 2.45) is 0 Å². The molecule has 2 aromatic rings. The van der Waals surface area contributed by atoms with Gasteiger partial charge in [-0.3, -0.25) is 4.79 Å². The van der Waals surface area contributed by atoms with Gasteiger partial charge in [0.25, 0.3) is 5.91 Å². The lowest BCUT2D eigenvalue weighted by molar-refractivity contribution is 0.0957. The first kappa shape index (κ1) is 15.1. The molecule has 0 bridgehead atoms. The molecule has 6 nitrogen and oxygen atoms in total. The highest BCUT2D eigenvalue weighted by molar-refractivity contribution is 7.20. The van der Waals surface area contributed by atoms with E-state index in [9.17, 15) is 9.59 Å². The van der Waals surface area contributed by atoms with Gasteiger partial charge in [0.05, 0.1) is 4.88 Å². The number of anilines is 1. The number of nitrogens with one attached hydrogen (secondary N) is 2. The molecule has 4 N–H and O–H groups in total. The fourth-order valence-electron chi connectivity index (χ4n) is 1.76. The third-order valence-electron chi connectivity index (χ3n) is 2.86. The van der Waals surface area contributed by atoms with Gasteiger partial charge in [-0.2, -0.15) is 0 Å². The number of hydrogen-bond donors (Lipinski definition) is 3. The van der Waals surface area contributed by atoms with Crippen LogP contribution in [0.25, 0.3) is 10.1 Å². The van der Waals surface area contributed by atoms with Crippen LogP contribution in [-0.2, 0) is 0 Å². The van der Waals surface area contributed by atoms with E-state index >= 15 is 0 Å². The number of hydrogen-bond acceptors (Lipinski definition) is 4. The first-order valence-corrected chi connectivity index (χ1v) is 7.31. The Hall–Kier alpha value is -2.28. The van der Waals surface area contributed by atoms with Crippen LogP contribution in [0, 0.1) is 0 Å². The lowest BCUT2D eigenvalue weighted by Gasteiger charge is -2.11. The van der Waals surface area contributed by atoms with Crippen LogP contribution >= 0.6 is 11.3 Å². The van der Waals surface area contributed by atoms with Gasteiger partial charge in [-0.15, -0.1) is 11.3 Å². The minimum atomic E-state index is -0.179. The average Bonchev–Trinajstić information content (AvgIpc) is 2.85. The topological polar surface area (TPSA) is 87.5 Å². The van der Waals surface area contributed by atoms with E-state index in [0.29, 0.717) is 23.7 Å². The average molecular weight is 306 g/mol. The molecule has 0 fully saturated rings. The van der Waals surface area contributed by atoms with Crippen molar-refractivity contribution in [1.82, 2.24) is 15.5 Å². The van der Waals surface area contributed by atoms with Crippen LogP contribution in [0.2, 0.25) is 0 Å². The molecule has 0 atom stereocenters. The van der Waals surface area contributed by atoms with Gasteiger partial charge >= 0.3 is 6.03 Å². The summed E-state index contributed by atoms with van der Waals surface area (Å²) in [6.45, 7) is 0.773. The van der Waals surface area contributed by atoms with E-state index in [2.05, 4.69) is 10.6 Å². The third kappa shape index (κ3) is 3.85. The van der Waals surface area contributed by atoms with Gasteiger partial charge in [-0.25, -0.2) is 4.79 Å². The molecule has 0 aliphatic heterocycles. The second kappa shape index (κ2) is 6.45. The van der Waals surface area contributed by atoms with Crippen molar-refractivity contribution in [3.63, 3.8) is 0 Å². The van der Waals surface area contributed by atoms with Crippen LogP contribution in [0.15, 0.2) is 24.3 Å². The molecule has 0 saturated carbocycles. The molecule has 21 heavy (non-hydrogen) atoms. The van der Waals surface area contributed by atoms with E-state index in [0.717, 1.165) is 10.1 Å². The van der Waals surface area contributed by atoms with E-state index in [1.807, 2.05) is 24.3 Å². The molecule has 0 aliphatic carbocycles. The highest BCUT2D eigenvalue weighted by Gasteiger charge is 2.10. The number of carbonyl (C=O) groups excluding carboxylic acids is 2. The summed E-state index contributed by atoms with van der Waals surface area (Å²) < 4.78 is 1.02. The van der Waals surface area contributed by atoms with Crippen LogP contribution < -0.4 is 16.4 Å². The Labute approximate surface area is 126 Å². The van der Waals surface area contributed by atoms with Crippen molar-refractivity contribution in [2.75, 3.05) is 32.9 Å². The standard InChI is InChI=1S/C14H18N4O2S/c1-18(2)14(20)17-6-5-16-13(19)12-8-9-7-10(15)3-4-11(9)21-12/h3-4,7-8H,5-6,15H2,1-2H3,(H,16,19)(H,17,20). The summed E-state index contributed by atoms with van der Waals surface area (Å²) in [6.07, 6.45) is 0. The Kier molecular flexibility index (Phi) is 4.64. The predicted molar refractivity (Wildman–Crippen MR) is 85.7 cm³/mol. The van der Waals surface area contributed by atoms with Gasteiger partial charge in [0.15, 0.2) is 0 Å². The van der Waals surface area contributed by atoms with Crippen LogP contribution in [0.1, 0.15) is 9.67 Å².